The molecule has 33 heavy (non-hydrogen) atoms. The molecule has 0 saturated heterocycles. The van der Waals surface area contributed by atoms with E-state index in [0.29, 0.717) is 55.0 Å². The molecule has 1 aliphatic heterocycles. The highest BCUT2D eigenvalue weighted by Gasteiger charge is 2.41. The van der Waals surface area contributed by atoms with Gasteiger partial charge in [-0.15, -0.1) is 0 Å². The number of nitrogens with zero attached hydrogens (tertiary/aromatic N) is 2. The van der Waals surface area contributed by atoms with Crippen molar-refractivity contribution >= 4 is 12.6 Å². The van der Waals surface area contributed by atoms with E-state index in [4.69, 9.17) is 4.74 Å². The number of halogens is 4. The number of benzene rings is 1. The van der Waals surface area contributed by atoms with Crippen LogP contribution in [0.5, 0.6) is 5.75 Å². The van der Waals surface area contributed by atoms with Crippen molar-refractivity contribution in [1.82, 2.24) is 15.2 Å². The van der Waals surface area contributed by atoms with Crippen LogP contribution in [0.15, 0.2) is 36.5 Å². The van der Waals surface area contributed by atoms with Gasteiger partial charge < -0.3 is 20.1 Å². The van der Waals surface area contributed by atoms with Crippen molar-refractivity contribution in [2.75, 3.05) is 32.9 Å². The van der Waals surface area contributed by atoms with E-state index < -0.39 is 31.9 Å². The molecule has 1 aromatic heterocycles. The third kappa shape index (κ3) is 6.89. The predicted molar refractivity (Wildman–Crippen MR) is 117 cm³/mol. The lowest BCUT2D eigenvalue weighted by atomic mass is 9.76. The van der Waals surface area contributed by atoms with E-state index in [1.54, 1.807) is 31.2 Å². The van der Waals surface area contributed by atoms with Crippen molar-refractivity contribution in [3.05, 3.63) is 53.3 Å². The van der Waals surface area contributed by atoms with Crippen LogP contribution in [0, 0.1) is 0 Å². The molecule has 1 aliphatic rings. The number of fused-ring (bicyclic) bond motifs is 1. The summed E-state index contributed by atoms with van der Waals surface area (Å²) in [4.78, 5) is 5.77. The average molecular weight is 469 g/mol. The third-order valence-electron chi connectivity index (χ3n) is 5.61. The van der Waals surface area contributed by atoms with Gasteiger partial charge in [0.15, 0.2) is 0 Å². The molecule has 180 valence electrons. The SMILES string of the molecule is CC1Cc2cc(B(O)O)ccc2C(c2ccc(OCCNCCCF)cn2)N1CC(F)(F)F. The van der Waals surface area contributed by atoms with Crippen LogP contribution in [0.1, 0.15) is 36.2 Å². The van der Waals surface area contributed by atoms with Gasteiger partial charge in [-0.1, -0.05) is 18.2 Å². The number of rotatable bonds is 10. The Balaban J connectivity index is 1.82. The van der Waals surface area contributed by atoms with E-state index in [0.717, 1.165) is 5.56 Å². The van der Waals surface area contributed by atoms with Gasteiger partial charge in [0.1, 0.15) is 12.4 Å². The Labute approximate surface area is 190 Å². The first kappa shape index (κ1) is 25.4. The third-order valence-corrected chi connectivity index (χ3v) is 5.61. The lowest BCUT2D eigenvalue weighted by Crippen LogP contribution is -2.47. The molecule has 0 saturated carbocycles. The van der Waals surface area contributed by atoms with Gasteiger partial charge in [-0.3, -0.25) is 14.3 Å². The molecule has 2 atom stereocenters. The molecule has 6 nitrogen and oxygen atoms in total. The second-order valence-corrected chi connectivity index (χ2v) is 8.13. The molecular formula is C22H28BF4N3O3. The van der Waals surface area contributed by atoms with Gasteiger partial charge >= 0.3 is 13.3 Å². The largest absolute Gasteiger partial charge is 0.491 e. The molecule has 3 rings (SSSR count). The van der Waals surface area contributed by atoms with E-state index in [9.17, 15) is 27.6 Å². The molecule has 0 aliphatic carbocycles. The molecule has 3 N–H and O–H groups in total. The predicted octanol–water partition coefficient (Wildman–Crippen LogP) is 1.99. The van der Waals surface area contributed by atoms with Gasteiger partial charge in [0.05, 0.1) is 31.2 Å². The second-order valence-electron chi connectivity index (χ2n) is 8.13. The van der Waals surface area contributed by atoms with Gasteiger partial charge in [-0.25, -0.2) is 0 Å². The summed E-state index contributed by atoms with van der Waals surface area (Å²) in [5.74, 6) is 0.483. The molecular weight excluding hydrogens is 441 g/mol. The first-order valence-corrected chi connectivity index (χ1v) is 10.9. The standard InChI is InChI=1S/C22H28BF4N3O3/c1-15-11-16-12-17(23(31)32)3-5-19(16)21(30(15)14-22(25,26)27)20-6-4-18(13-29-20)33-10-9-28-8-2-7-24/h3-6,12-13,15,21,28,31-32H,2,7-11,14H2,1H3. The molecule has 0 spiro atoms. The number of ether oxygens (including phenoxy) is 1. The fourth-order valence-electron chi connectivity index (χ4n) is 4.08. The summed E-state index contributed by atoms with van der Waals surface area (Å²) in [6.07, 6.45) is -2.12. The molecule has 11 heteroatoms. The molecule has 0 amide bonds. The Morgan fingerprint density at radius 1 is 1.21 bits per heavy atom. The lowest BCUT2D eigenvalue weighted by Gasteiger charge is -2.42. The zero-order chi connectivity index (χ0) is 24.0. The lowest BCUT2D eigenvalue weighted by molar-refractivity contribution is -0.155. The maximum Gasteiger partial charge on any atom is 0.488 e. The molecule has 1 aromatic carbocycles. The van der Waals surface area contributed by atoms with Gasteiger partial charge in [-0.2, -0.15) is 13.2 Å². The monoisotopic (exact) mass is 469 g/mol. The summed E-state index contributed by atoms with van der Waals surface area (Å²) in [5.41, 5.74) is 2.15. The Bertz CT molecular complexity index is 899. The number of nitrogens with one attached hydrogen (secondary N) is 1. The molecule has 2 aromatic rings. The molecule has 0 fully saturated rings. The highest BCUT2D eigenvalue weighted by atomic mass is 19.4. The summed E-state index contributed by atoms with van der Waals surface area (Å²) < 4.78 is 57.8. The van der Waals surface area contributed by atoms with Crippen molar-refractivity contribution in [2.45, 2.75) is 38.0 Å². The average Bonchev–Trinajstić information content (AvgIpc) is 2.76. The van der Waals surface area contributed by atoms with E-state index in [-0.39, 0.29) is 6.67 Å². The van der Waals surface area contributed by atoms with E-state index in [1.807, 2.05) is 0 Å². The fourth-order valence-corrected chi connectivity index (χ4v) is 4.08. The van der Waals surface area contributed by atoms with Crippen LogP contribution >= 0.6 is 0 Å². The summed E-state index contributed by atoms with van der Waals surface area (Å²) in [6.45, 7) is 1.69. The van der Waals surface area contributed by atoms with Crippen molar-refractivity contribution in [3.8, 4) is 5.75 Å². The van der Waals surface area contributed by atoms with E-state index in [1.165, 1.54) is 17.2 Å². The Morgan fingerprint density at radius 2 is 2.00 bits per heavy atom. The van der Waals surface area contributed by atoms with Crippen LogP contribution in [0.3, 0.4) is 0 Å². The normalized spacial score (nSPS) is 18.8. The zero-order valence-electron chi connectivity index (χ0n) is 18.4. The van der Waals surface area contributed by atoms with Crippen LogP contribution < -0.4 is 15.5 Å². The first-order valence-electron chi connectivity index (χ1n) is 10.9. The van der Waals surface area contributed by atoms with Crippen molar-refractivity contribution in [2.24, 2.45) is 0 Å². The van der Waals surface area contributed by atoms with Gasteiger partial charge in [0.25, 0.3) is 0 Å². The maximum absolute atomic E-state index is 13.4. The molecule has 0 radical (unpaired) electrons. The quantitative estimate of drug-likeness (QED) is 0.281. The highest BCUT2D eigenvalue weighted by molar-refractivity contribution is 6.58. The smallest absolute Gasteiger partial charge is 0.488 e. The number of alkyl halides is 4. The summed E-state index contributed by atoms with van der Waals surface area (Å²) in [6, 6.07) is 6.90. The zero-order valence-corrected chi connectivity index (χ0v) is 18.4. The topological polar surface area (TPSA) is 77.8 Å². The van der Waals surface area contributed by atoms with E-state index >= 15 is 0 Å². The molecule has 2 heterocycles. The minimum atomic E-state index is -4.39. The Hall–Kier alpha value is -2.21. The van der Waals surface area contributed by atoms with Crippen LogP contribution in [-0.2, 0) is 6.42 Å². The van der Waals surface area contributed by atoms with Crippen LogP contribution in [-0.4, -0.2) is 72.2 Å². The number of pyridine rings is 1. The number of aromatic nitrogens is 1. The van der Waals surface area contributed by atoms with Crippen molar-refractivity contribution in [3.63, 3.8) is 0 Å². The molecule has 2 unspecified atom stereocenters. The van der Waals surface area contributed by atoms with Gasteiger partial charge in [0, 0.05) is 12.6 Å². The van der Waals surface area contributed by atoms with Gasteiger partial charge in [0.2, 0.25) is 0 Å². The van der Waals surface area contributed by atoms with E-state index in [2.05, 4.69) is 10.3 Å². The maximum atomic E-state index is 13.4. The summed E-state index contributed by atoms with van der Waals surface area (Å²) >= 11 is 0. The number of hydrogen-bond donors (Lipinski definition) is 3. The van der Waals surface area contributed by atoms with Crippen LogP contribution in [0.2, 0.25) is 0 Å². The van der Waals surface area contributed by atoms with Crippen LogP contribution in [0.4, 0.5) is 17.6 Å². The highest BCUT2D eigenvalue weighted by Crippen LogP contribution is 2.38. The minimum absolute atomic E-state index is 0.292. The second kappa shape index (κ2) is 11.3. The van der Waals surface area contributed by atoms with Gasteiger partial charge in [-0.05, 0) is 55.0 Å². The van der Waals surface area contributed by atoms with Crippen molar-refractivity contribution in [1.29, 1.82) is 0 Å². The summed E-state index contributed by atoms with van der Waals surface area (Å²) in [5, 5.41) is 22.0. The number of hydrogen-bond acceptors (Lipinski definition) is 6. The molecule has 0 bridgehead atoms. The Kier molecular flexibility index (Phi) is 8.69. The minimum Gasteiger partial charge on any atom is -0.491 e. The van der Waals surface area contributed by atoms with Crippen LogP contribution in [0.25, 0.3) is 0 Å². The fraction of sp³-hybridized carbons (Fsp3) is 0.500. The van der Waals surface area contributed by atoms with Crippen molar-refractivity contribution < 1.29 is 32.3 Å². The Morgan fingerprint density at radius 3 is 2.64 bits per heavy atom. The first-order chi connectivity index (χ1) is 15.7. The summed E-state index contributed by atoms with van der Waals surface area (Å²) in [7, 11) is -1.65.